The Kier molecular flexibility index (Phi) is 9.74. The fraction of sp³-hybridized carbons (Fsp3) is 1.00. The van der Waals surface area contributed by atoms with Crippen LogP contribution in [-0.4, -0.2) is 64.6 Å². The van der Waals surface area contributed by atoms with E-state index >= 15 is 0 Å². The molecule has 104 valence electrons. The van der Waals surface area contributed by atoms with Crippen LogP contribution in [0.15, 0.2) is 0 Å². The molecule has 4 heteroatoms. The highest BCUT2D eigenvalue weighted by Gasteiger charge is 2.19. The maximum absolute atomic E-state index is 5.29. The summed E-state index contributed by atoms with van der Waals surface area (Å²) < 4.78 is 10.5. The number of nitrogens with one attached hydrogen (secondary N) is 1. The number of nitrogens with zero attached hydrogens (tertiary/aromatic N) is 1. The van der Waals surface area contributed by atoms with Gasteiger partial charge in [0.15, 0.2) is 0 Å². The van der Waals surface area contributed by atoms with Crippen molar-refractivity contribution in [3.05, 3.63) is 0 Å². The van der Waals surface area contributed by atoms with Crippen LogP contribution >= 0.6 is 0 Å². The fourth-order valence-corrected chi connectivity index (χ4v) is 1.77. The summed E-state index contributed by atoms with van der Waals surface area (Å²) in [7, 11) is 5.63. The maximum Gasteiger partial charge on any atom is 0.0630 e. The van der Waals surface area contributed by atoms with Gasteiger partial charge in [-0.2, -0.15) is 0 Å². The number of methoxy groups -OCH3 is 2. The first-order chi connectivity index (χ1) is 8.02. The molecule has 0 saturated carbocycles. The molecule has 0 amide bonds. The third kappa shape index (κ3) is 7.71. The molecular formula is C13H30N2O2. The summed E-state index contributed by atoms with van der Waals surface area (Å²) in [6.07, 6.45) is 0. The molecule has 0 rings (SSSR count). The van der Waals surface area contributed by atoms with Crippen molar-refractivity contribution in [2.45, 2.75) is 32.9 Å². The van der Waals surface area contributed by atoms with Gasteiger partial charge in [-0.1, -0.05) is 13.8 Å². The van der Waals surface area contributed by atoms with Crippen LogP contribution in [0.5, 0.6) is 0 Å². The lowest BCUT2D eigenvalue weighted by atomic mass is 10.2. The van der Waals surface area contributed by atoms with Crippen LogP contribution < -0.4 is 5.32 Å². The Bertz CT molecular complexity index is 177. The van der Waals surface area contributed by atoms with Gasteiger partial charge in [0.1, 0.15) is 0 Å². The van der Waals surface area contributed by atoms with Crippen LogP contribution in [0.25, 0.3) is 0 Å². The topological polar surface area (TPSA) is 33.7 Å². The molecular weight excluding hydrogens is 216 g/mol. The summed E-state index contributed by atoms with van der Waals surface area (Å²) >= 11 is 0. The summed E-state index contributed by atoms with van der Waals surface area (Å²) in [6.45, 7) is 10.1. The highest BCUT2D eigenvalue weighted by atomic mass is 16.5. The summed E-state index contributed by atoms with van der Waals surface area (Å²) in [6, 6.07) is 0.796. The Morgan fingerprint density at radius 2 is 1.59 bits per heavy atom. The van der Waals surface area contributed by atoms with E-state index in [2.05, 4.69) is 38.0 Å². The van der Waals surface area contributed by atoms with Gasteiger partial charge in [-0.25, -0.2) is 0 Å². The predicted molar refractivity (Wildman–Crippen MR) is 72.5 cm³/mol. The van der Waals surface area contributed by atoms with E-state index in [1.165, 1.54) is 0 Å². The molecule has 1 N–H and O–H groups in total. The molecule has 0 fully saturated rings. The third-order valence-corrected chi connectivity index (χ3v) is 2.97. The van der Waals surface area contributed by atoms with Crippen molar-refractivity contribution in [1.82, 2.24) is 10.2 Å². The molecule has 0 aliphatic rings. The maximum atomic E-state index is 5.29. The Morgan fingerprint density at radius 3 is 2.06 bits per heavy atom. The molecule has 17 heavy (non-hydrogen) atoms. The van der Waals surface area contributed by atoms with E-state index in [4.69, 9.17) is 9.47 Å². The van der Waals surface area contributed by atoms with Crippen LogP contribution in [0.2, 0.25) is 0 Å². The van der Waals surface area contributed by atoms with Crippen molar-refractivity contribution >= 4 is 0 Å². The molecule has 2 atom stereocenters. The minimum Gasteiger partial charge on any atom is -0.383 e. The predicted octanol–water partition coefficient (Wildman–Crippen LogP) is 1.21. The Balaban J connectivity index is 4.10. The second kappa shape index (κ2) is 9.83. The Labute approximate surface area is 107 Å². The monoisotopic (exact) mass is 246 g/mol. The summed E-state index contributed by atoms with van der Waals surface area (Å²) in [4.78, 5) is 2.32. The van der Waals surface area contributed by atoms with Gasteiger partial charge in [0.2, 0.25) is 0 Å². The van der Waals surface area contributed by atoms with Gasteiger partial charge in [-0.15, -0.1) is 0 Å². The Hall–Kier alpha value is -0.160. The average molecular weight is 246 g/mol. The summed E-state index contributed by atoms with van der Waals surface area (Å²) in [5, 5.41) is 3.49. The quantitative estimate of drug-likeness (QED) is 0.628. The smallest absolute Gasteiger partial charge is 0.0630 e. The van der Waals surface area contributed by atoms with Crippen LogP contribution in [0.1, 0.15) is 20.8 Å². The first kappa shape index (κ1) is 16.8. The van der Waals surface area contributed by atoms with E-state index in [-0.39, 0.29) is 0 Å². The molecule has 2 unspecified atom stereocenters. The van der Waals surface area contributed by atoms with Crippen LogP contribution in [0, 0.1) is 5.92 Å². The molecule has 0 aliphatic heterocycles. The lowest BCUT2D eigenvalue weighted by Gasteiger charge is -2.32. The number of likely N-dealkylation sites (N-methyl/N-ethyl adjacent to an activating group) is 1. The van der Waals surface area contributed by atoms with E-state index in [1.807, 2.05) is 0 Å². The SMILES string of the molecule is COCC(C)N(C)C(CNCC(C)C)COC. The van der Waals surface area contributed by atoms with Gasteiger partial charge in [-0.3, -0.25) is 4.90 Å². The highest BCUT2D eigenvalue weighted by molar-refractivity contribution is 4.76. The molecule has 0 spiro atoms. The molecule has 0 heterocycles. The minimum absolute atomic E-state index is 0.392. The van der Waals surface area contributed by atoms with E-state index in [9.17, 15) is 0 Å². The van der Waals surface area contributed by atoms with Gasteiger partial charge >= 0.3 is 0 Å². The third-order valence-electron chi connectivity index (χ3n) is 2.97. The average Bonchev–Trinajstić information content (AvgIpc) is 2.27. The summed E-state index contributed by atoms with van der Waals surface area (Å²) in [5.41, 5.74) is 0. The number of ether oxygens (including phenoxy) is 2. The van der Waals surface area contributed by atoms with Gasteiger partial charge in [0.05, 0.1) is 13.2 Å². The fourth-order valence-electron chi connectivity index (χ4n) is 1.77. The highest BCUT2D eigenvalue weighted by Crippen LogP contribution is 2.04. The number of hydrogen-bond acceptors (Lipinski definition) is 4. The first-order valence-corrected chi connectivity index (χ1v) is 6.43. The molecule has 0 aliphatic carbocycles. The van der Waals surface area contributed by atoms with Gasteiger partial charge in [0, 0.05) is 32.8 Å². The van der Waals surface area contributed by atoms with Crippen molar-refractivity contribution in [2.24, 2.45) is 5.92 Å². The second-order valence-electron chi connectivity index (χ2n) is 5.13. The molecule has 0 aromatic heterocycles. The van der Waals surface area contributed by atoms with Crippen LogP contribution in [0.4, 0.5) is 0 Å². The van der Waals surface area contributed by atoms with Crippen LogP contribution in [0.3, 0.4) is 0 Å². The molecule has 0 bridgehead atoms. The number of hydrogen-bond donors (Lipinski definition) is 1. The summed E-state index contributed by atoms with van der Waals surface area (Å²) in [5.74, 6) is 0.680. The van der Waals surface area contributed by atoms with Crippen molar-refractivity contribution in [3.8, 4) is 0 Å². The standard InChI is InChI=1S/C13H30N2O2/c1-11(2)7-14-8-13(10-17-6)15(4)12(3)9-16-5/h11-14H,7-10H2,1-6H3. The van der Waals surface area contributed by atoms with Crippen molar-refractivity contribution in [1.29, 1.82) is 0 Å². The largest absolute Gasteiger partial charge is 0.383 e. The van der Waals surface area contributed by atoms with Crippen molar-refractivity contribution in [3.63, 3.8) is 0 Å². The zero-order valence-electron chi connectivity index (χ0n) is 12.3. The van der Waals surface area contributed by atoms with Crippen LogP contribution in [-0.2, 0) is 9.47 Å². The molecule has 0 aromatic carbocycles. The zero-order valence-corrected chi connectivity index (χ0v) is 12.3. The lowest BCUT2D eigenvalue weighted by molar-refractivity contribution is 0.0498. The second-order valence-corrected chi connectivity index (χ2v) is 5.13. The normalized spacial score (nSPS) is 15.5. The minimum atomic E-state index is 0.392. The van der Waals surface area contributed by atoms with Gasteiger partial charge in [0.25, 0.3) is 0 Å². The van der Waals surface area contributed by atoms with Gasteiger partial charge in [-0.05, 0) is 26.4 Å². The zero-order chi connectivity index (χ0) is 13.3. The molecule has 0 saturated heterocycles. The van der Waals surface area contributed by atoms with E-state index in [0.717, 1.165) is 26.3 Å². The van der Waals surface area contributed by atoms with Crippen molar-refractivity contribution < 1.29 is 9.47 Å². The van der Waals surface area contributed by atoms with Gasteiger partial charge < -0.3 is 14.8 Å². The lowest BCUT2D eigenvalue weighted by Crippen LogP contribution is -2.48. The first-order valence-electron chi connectivity index (χ1n) is 6.43. The van der Waals surface area contributed by atoms with Crippen molar-refractivity contribution in [2.75, 3.05) is 47.6 Å². The van der Waals surface area contributed by atoms with E-state index in [0.29, 0.717) is 18.0 Å². The van der Waals surface area contributed by atoms with E-state index in [1.54, 1.807) is 14.2 Å². The molecule has 0 aromatic rings. The Morgan fingerprint density at radius 1 is 1.00 bits per heavy atom. The molecule has 4 nitrogen and oxygen atoms in total. The molecule has 0 radical (unpaired) electrons. The number of rotatable bonds is 10. The van der Waals surface area contributed by atoms with E-state index < -0.39 is 0 Å².